The number of guanidine groups is 1. The van der Waals surface area contributed by atoms with Crippen molar-refractivity contribution in [3.63, 3.8) is 0 Å². The fourth-order valence-corrected chi connectivity index (χ4v) is 3.33. The molecule has 0 spiro atoms. The van der Waals surface area contributed by atoms with Gasteiger partial charge in [-0.2, -0.15) is 0 Å². The van der Waals surface area contributed by atoms with E-state index in [4.69, 9.17) is 0 Å². The molecular formula is C18H28N4. The van der Waals surface area contributed by atoms with E-state index in [0.29, 0.717) is 12.1 Å². The van der Waals surface area contributed by atoms with Crippen molar-refractivity contribution in [2.75, 3.05) is 13.1 Å². The van der Waals surface area contributed by atoms with Crippen LogP contribution in [0.2, 0.25) is 0 Å². The largest absolute Gasteiger partial charge is 0.352 e. The average Bonchev–Trinajstić information content (AvgIpc) is 2.94. The maximum Gasteiger partial charge on any atom is 0.191 e. The molecule has 2 atom stereocenters. The van der Waals surface area contributed by atoms with Gasteiger partial charge in [0.15, 0.2) is 5.96 Å². The van der Waals surface area contributed by atoms with Gasteiger partial charge in [0.2, 0.25) is 0 Å². The van der Waals surface area contributed by atoms with Crippen molar-refractivity contribution in [2.24, 2.45) is 4.99 Å². The predicted molar refractivity (Wildman–Crippen MR) is 91.9 cm³/mol. The van der Waals surface area contributed by atoms with Crippen molar-refractivity contribution >= 4 is 5.96 Å². The number of likely N-dealkylation sites (tertiary alicyclic amines) is 1. The van der Waals surface area contributed by atoms with Gasteiger partial charge in [0, 0.05) is 25.2 Å². The summed E-state index contributed by atoms with van der Waals surface area (Å²) in [5.74, 6) is 0.939. The molecule has 0 amide bonds. The van der Waals surface area contributed by atoms with Gasteiger partial charge in [-0.25, -0.2) is 0 Å². The van der Waals surface area contributed by atoms with Crippen LogP contribution in [0.5, 0.6) is 0 Å². The molecule has 0 saturated carbocycles. The van der Waals surface area contributed by atoms with Crippen LogP contribution in [0.1, 0.15) is 44.2 Å². The van der Waals surface area contributed by atoms with E-state index in [1.165, 1.54) is 36.9 Å². The summed E-state index contributed by atoms with van der Waals surface area (Å²) in [5, 5.41) is 6.80. The molecule has 4 nitrogen and oxygen atoms in total. The summed E-state index contributed by atoms with van der Waals surface area (Å²) in [4.78, 5) is 7.09. The third kappa shape index (κ3) is 3.80. The first-order chi connectivity index (χ1) is 10.7. The zero-order valence-electron chi connectivity index (χ0n) is 13.8. The molecule has 2 heterocycles. The molecule has 1 saturated heterocycles. The molecule has 2 aliphatic heterocycles. The Kier molecular flexibility index (Phi) is 4.98. The van der Waals surface area contributed by atoms with Crippen molar-refractivity contribution in [3.8, 4) is 0 Å². The fraction of sp³-hybridized carbons (Fsp3) is 0.611. The molecule has 4 heteroatoms. The lowest BCUT2D eigenvalue weighted by molar-refractivity contribution is 0.152. The second-order valence-corrected chi connectivity index (χ2v) is 6.67. The first kappa shape index (κ1) is 15.3. The number of nitrogens with zero attached hydrogens (tertiary/aromatic N) is 2. The molecule has 0 radical (unpaired) electrons. The summed E-state index contributed by atoms with van der Waals surface area (Å²) in [6.45, 7) is 8.53. The Hall–Kier alpha value is -1.55. The Morgan fingerprint density at radius 3 is 2.77 bits per heavy atom. The molecular weight excluding hydrogens is 272 g/mol. The van der Waals surface area contributed by atoms with Crippen LogP contribution in [-0.2, 0) is 13.1 Å². The molecule has 2 aliphatic rings. The lowest BCUT2D eigenvalue weighted by Crippen LogP contribution is -2.38. The van der Waals surface area contributed by atoms with Gasteiger partial charge in [0.1, 0.15) is 0 Å². The van der Waals surface area contributed by atoms with Crippen molar-refractivity contribution in [1.29, 1.82) is 0 Å². The van der Waals surface area contributed by atoms with Crippen LogP contribution in [0.25, 0.3) is 0 Å². The molecule has 1 aromatic rings. The van der Waals surface area contributed by atoms with E-state index in [0.717, 1.165) is 25.6 Å². The highest BCUT2D eigenvalue weighted by Gasteiger charge is 2.19. The van der Waals surface area contributed by atoms with Crippen LogP contribution in [0, 0.1) is 0 Å². The van der Waals surface area contributed by atoms with Crippen molar-refractivity contribution in [1.82, 2.24) is 15.5 Å². The van der Waals surface area contributed by atoms with Gasteiger partial charge in [0.05, 0.1) is 6.54 Å². The Labute approximate surface area is 134 Å². The van der Waals surface area contributed by atoms with Crippen LogP contribution >= 0.6 is 0 Å². The number of aliphatic imine (C=N–C) groups is 1. The molecule has 2 unspecified atom stereocenters. The smallest absolute Gasteiger partial charge is 0.191 e. The number of nitrogens with one attached hydrogen (secondary N) is 2. The van der Waals surface area contributed by atoms with E-state index in [1.54, 1.807) is 0 Å². The highest BCUT2D eigenvalue weighted by molar-refractivity contribution is 5.81. The van der Waals surface area contributed by atoms with E-state index in [9.17, 15) is 0 Å². The molecule has 0 aromatic heterocycles. The summed E-state index contributed by atoms with van der Waals surface area (Å²) in [5.41, 5.74) is 2.82. The van der Waals surface area contributed by atoms with Gasteiger partial charge < -0.3 is 10.6 Å². The Morgan fingerprint density at radius 1 is 1.23 bits per heavy atom. The van der Waals surface area contributed by atoms with Crippen molar-refractivity contribution in [3.05, 3.63) is 35.4 Å². The van der Waals surface area contributed by atoms with Crippen LogP contribution < -0.4 is 10.6 Å². The Morgan fingerprint density at radius 2 is 2.05 bits per heavy atom. The van der Waals surface area contributed by atoms with E-state index in [-0.39, 0.29) is 0 Å². The minimum atomic E-state index is 0.451. The third-order valence-electron chi connectivity index (χ3n) is 4.79. The van der Waals surface area contributed by atoms with E-state index >= 15 is 0 Å². The molecule has 22 heavy (non-hydrogen) atoms. The summed E-state index contributed by atoms with van der Waals surface area (Å²) in [6.07, 6.45) is 4.05. The van der Waals surface area contributed by atoms with Gasteiger partial charge in [-0.3, -0.25) is 9.89 Å². The van der Waals surface area contributed by atoms with Gasteiger partial charge in [-0.05, 0) is 44.4 Å². The standard InChI is InChI=1S/C18H28N4/c1-14-11-19-18(21-14)20-12-16-8-3-4-9-17(16)13-22-10-6-5-7-15(22)2/h3-4,8-9,14-15H,5-7,10-13H2,1-2H3,(H2,19,20,21). The van der Waals surface area contributed by atoms with E-state index < -0.39 is 0 Å². The van der Waals surface area contributed by atoms with E-state index in [1.807, 2.05) is 0 Å². The Bertz CT molecular complexity index is 526. The van der Waals surface area contributed by atoms with Crippen LogP contribution in [-0.4, -0.2) is 36.0 Å². The van der Waals surface area contributed by atoms with Crippen molar-refractivity contribution in [2.45, 2.75) is 58.3 Å². The zero-order chi connectivity index (χ0) is 15.4. The molecule has 3 rings (SSSR count). The fourth-order valence-electron chi connectivity index (χ4n) is 3.33. The summed E-state index contributed by atoms with van der Waals surface area (Å²) in [7, 11) is 0. The summed E-state index contributed by atoms with van der Waals surface area (Å²) >= 11 is 0. The van der Waals surface area contributed by atoms with Crippen molar-refractivity contribution < 1.29 is 0 Å². The summed E-state index contributed by atoms with van der Waals surface area (Å²) in [6, 6.07) is 9.94. The zero-order valence-corrected chi connectivity index (χ0v) is 13.8. The average molecular weight is 300 g/mol. The second kappa shape index (κ2) is 7.14. The summed E-state index contributed by atoms with van der Waals surface area (Å²) < 4.78 is 0. The normalized spacial score (nSPS) is 25.6. The molecule has 0 bridgehead atoms. The van der Waals surface area contributed by atoms with Gasteiger partial charge >= 0.3 is 0 Å². The number of benzene rings is 1. The number of hydrogen-bond acceptors (Lipinski definition) is 4. The predicted octanol–water partition coefficient (Wildman–Crippen LogP) is 2.50. The van der Waals surface area contributed by atoms with Gasteiger partial charge in [-0.15, -0.1) is 0 Å². The number of rotatable bonds is 4. The lowest BCUT2D eigenvalue weighted by Gasteiger charge is -2.33. The molecule has 0 aliphatic carbocycles. The van der Waals surface area contributed by atoms with Crippen LogP contribution in [0.3, 0.4) is 0 Å². The van der Waals surface area contributed by atoms with E-state index in [2.05, 4.69) is 58.6 Å². The first-order valence-corrected chi connectivity index (χ1v) is 8.58. The first-order valence-electron chi connectivity index (χ1n) is 8.58. The number of hydrogen-bond donors (Lipinski definition) is 2. The van der Waals surface area contributed by atoms with Crippen LogP contribution in [0.4, 0.5) is 0 Å². The second-order valence-electron chi connectivity index (χ2n) is 6.67. The topological polar surface area (TPSA) is 39.7 Å². The molecule has 1 fully saturated rings. The molecule has 2 N–H and O–H groups in total. The van der Waals surface area contributed by atoms with Crippen LogP contribution in [0.15, 0.2) is 29.3 Å². The monoisotopic (exact) mass is 300 g/mol. The quantitative estimate of drug-likeness (QED) is 0.897. The maximum absolute atomic E-state index is 4.47. The highest BCUT2D eigenvalue weighted by atomic mass is 15.2. The minimum Gasteiger partial charge on any atom is -0.352 e. The molecule has 120 valence electrons. The third-order valence-corrected chi connectivity index (χ3v) is 4.79. The van der Waals surface area contributed by atoms with Gasteiger partial charge in [-0.1, -0.05) is 30.7 Å². The number of piperidine rings is 1. The minimum absolute atomic E-state index is 0.451. The van der Waals surface area contributed by atoms with Gasteiger partial charge in [0.25, 0.3) is 0 Å². The highest BCUT2D eigenvalue weighted by Crippen LogP contribution is 2.20. The SMILES string of the molecule is CC1CN=C(NCc2ccccc2CN2CCCCC2C)N1. The molecule has 1 aromatic carbocycles. The Balaban J connectivity index is 1.62. The lowest BCUT2D eigenvalue weighted by atomic mass is 10.0. The maximum atomic E-state index is 4.47.